The summed E-state index contributed by atoms with van der Waals surface area (Å²) >= 11 is 0. The first kappa shape index (κ1) is 13.4. The Morgan fingerprint density at radius 1 is 1.21 bits per heavy atom. The second kappa shape index (κ2) is 6.20. The van der Waals surface area contributed by atoms with E-state index in [-0.39, 0.29) is 6.61 Å². The molecular formula is C15H17NO3. The van der Waals surface area contributed by atoms with Crippen molar-refractivity contribution in [3.8, 4) is 11.6 Å². The lowest BCUT2D eigenvalue weighted by Crippen LogP contribution is -2.03. The Balaban J connectivity index is 2.21. The molecule has 19 heavy (non-hydrogen) atoms. The Bertz CT molecular complexity index is 541. The van der Waals surface area contributed by atoms with Gasteiger partial charge in [0.15, 0.2) is 0 Å². The number of hydrogen-bond donors (Lipinski definition) is 1. The van der Waals surface area contributed by atoms with Gasteiger partial charge in [-0.25, -0.2) is 4.98 Å². The van der Waals surface area contributed by atoms with E-state index < -0.39 is 0 Å². The van der Waals surface area contributed by atoms with Crippen LogP contribution < -0.4 is 9.47 Å². The summed E-state index contributed by atoms with van der Waals surface area (Å²) in [6.07, 6.45) is 0. The van der Waals surface area contributed by atoms with Crippen molar-refractivity contribution in [2.24, 2.45) is 0 Å². The third-order valence-corrected chi connectivity index (χ3v) is 2.87. The fourth-order valence-electron chi connectivity index (χ4n) is 1.80. The minimum absolute atomic E-state index is 0.104. The van der Waals surface area contributed by atoms with Crippen LogP contribution in [0.5, 0.6) is 11.6 Å². The molecule has 0 radical (unpaired) electrons. The average Bonchev–Trinajstić information content (AvgIpc) is 2.45. The van der Waals surface area contributed by atoms with E-state index in [0.29, 0.717) is 29.5 Å². The molecule has 1 N–H and O–H groups in total. The maximum Gasteiger partial charge on any atom is 0.216 e. The summed E-state index contributed by atoms with van der Waals surface area (Å²) in [6.45, 7) is 2.16. The number of aliphatic hydroxyl groups excluding tert-OH is 1. The molecule has 0 saturated carbocycles. The second-order valence-electron chi connectivity index (χ2n) is 4.16. The van der Waals surface area contributed by atoms with Crippen molar-refractivity contribution in [3.05, 3.63) is 53.2 Å². The van der Waals surface area contributed by atoms with Crippen molar-refractivity contribution in [1.29, 1.82) is 0 Å². The monoisotopic (exact) mass is 259 g/mol. The van der Waals surface area contributed by atoms with Crippen LogP contribution >= 0.6 is 0 Å². The number of rotatable bonds is 5. The van der Waals surface area contributed by atoms with Gasteiger partial charge >= 0.3 is 0 Å². The molecular weight excluding hydrogens is 242 g/mol. The third-order valence-electron chi connectivity index (χ3n) is 2.87. The molecule has 1 heterocycles. The molecule has 4 nitrogen and oxygen atoms in total. The zero-order valence-corrected chi connectivity index (χ0v) is 11.1. The van der Waals surface area contributed by atoms with Gasteiger partial charge in [-0.2, -0.15) is 0 Å². The predicted molar refractivity (Wildman–Crippen MR) is 72.2 cm³/mol. The molecule has 4 heteroatoms. The second-order valence-corrected chi connectivity index (χ2v) is 4.16. The van der Waals surface area contributed by atoms with Crippen LogP contribution in [0.1, 0.15) is 16.8 Å². The van der Waals surface area contributed by atoms with Crippen LogP contribution in [0.2, 0.25) is 0 Å². The lowest BCUT2D eigenvalue weighted by atomic mass is 10.2. The Hall–Kier alpha value is -2.07. The number of pyridine rings is 1. The Morgan fingerprint density at radius 3 is 2.58 bits per heavy atom. The number of aryl methyl sites for hydroxylation is 1. The molecule has 0 fully saturated rings. The number of ether oxygens (including phenoxy) is 2. The maximum absolute atomic E-state index is 9.40. The summed E-state index contributed by atoms with van der Waals surface area (Å²) in [4.78, 5) is 4.22. The van der Waals surface area contributed by atoms with Gasteiger partial charge in [0.2, 0.25) is 5.88 Å². The molecule has 2 rings (SSSR count). The summed E-state index contributed by atoms with van der Waals surface area (Å²) in [5.74, 6) is 1.09. The predicted octanol–water partition coefficient (Wildman–Crippen LogP) is 2.47. The molecule has 1 aromatic heterocycles. The molecule has 0 unspecified atom stereocenters. The summed E-state index contributed by atoms with van der Waals surface area (Å²) < 4.78 is 10.9. The van der Waals surface area contributed by atoms with Gasteiger partial charge in [0.25, 0.3) is 0 Å². The Kier molecular flexibility index (Phi) is 4.36. The Labute approximate surface area is 112 Å². The summed E-state index contributed by atoms with van der Waals surface area (Å²) in [6, 6.07) is 11.6. The fourth-order valence-corrected chi connectivity index (χ4v) is 1.80. The highest BCUT2D eigenvalue weighted by Gasteiger charge is 2.11. The number of methoxy groups -OCH3 is 1. The number of benzene rings is 1. The quantitative estimate of drug-likeness (QED) is 0.896. The Morgan fingerprint density at radius 2 is 1.95 bits per heavy atom. The zero-order chi connectivity index (χ0) is 13.7. The molecule has 0 amide bonds. The smallest absolute Gasteiger partial charge is 0.216 e. The molecule has 1 aromatic carbocycles. The standard InChI is InChI=1S/C15H17NO3/c1-11-13(9-17)14(8-15(16-11)18-2)19-10-12-6-4-3-5-7-12/h3-8,17H,9-10H2,1-2H3. The molecule has 0 saturated heterocycles. The molecule has 0 aliphatic rings. The highest BCUT2D eigenvalue weighted by Crippen LogP contribution is 2.26. The van der Waals surface area contributed by atoms with Crippen molar-refractivity contribution in [3.63, 3.8) is 0 Å². The van der Waals surface area contributed by atoms with E-state index in [0.717, 1.165) is 5.56 Å². The first-order valence-electron chi connectivity index (χ1n) is 6.06. The van der Waals surface area contributed by atoms with Gasteiger partial charge in [0, 0.05) is 11.6 Å². The van der Waals surface area contributed by atoms with Crippen LogP contribution in [0.15, 0.2) is 36.4 Å². The van der Waals surface area contributed by atoms with Gasteiger partial charge in [0.1, 0.15) is 12.4 Å². The minimum Gasteiger partial charge on any atom is -0.488 e. The number of hydrogen-bond acceptors (Lipinski definition) is 4. The van der Waals surface area contributed by atoms with Gasteiger partial charge in [-0.3, -0.25) is 0 Å². The van der Waals surface area contributed by atoms with E-state index >= 15 is 0 Å². The summed E-state index contributed by atoms with van der Waals surface area (Å²) in [7, 11) is 1.56. The molecule has 0 atom stereocenters. The van der Waals surface area contributed by atoms with Gasteiger partial charge in [-0.1, -0.05) is 30.3 Å². The average molecular weight is 259 g/mol. The SMILES string of the molecule is COc1cc(OCc2ccccc2)c(CO)c(C)n1. The van der Waals surface area contributed by atoms with E-state index in [2.05, 4.69) is 4.98 Å². The van der Waals surface area contributed by atoms with Crippen LogP contribution in [0.4, 0.5) is 0 Å². The van der Waals surface area contributed by atoms with Crippen LogP contribution in [-0.2, 0) is 13.2 Å². The van der Waals surface area contributed by atoms with Crippen LogP contribution in [0, 0.1) is 6.92 Å². The van der Waals surface area contributed by atoms with Gasteiger partial charge in [-0.15, -0.1) is 0 Å². The molecule has 2 aromatic rings. The van der Waals surface area contributed by atoms with E-state index in [1.54, 1.807) is 13.2 Å². The van der Waals surface area contributed by atoms with Gasteiger partial charge < -0.3 is 14.6 Å². The van der Waals surface area contributed by atoms with Gasteiger partial charge in [0.05, 0.1) is 19.4 Å². The van der Waals surface area contributed by atoms with E-state index in [1.165, 1.54) is 0 Å². The summed E-state index contributed by atoms with van der Waals surface area (Å²) in [5.41, 5.74) is 2.47. The van der Waals surface area contributed by atoms with Crippen molar-refractivity contribution in [2.75, 3.05) is 7.11 Å². The first-order chi connectivity index (χ1) is 9.24. The van der Waals surface area contributed by atoms with Crippen LogP contribution in [0.3, 0.4) is 0 Å². The zero-order valence-electron chi connectivity index (χ0n) is 11.1. The molecule has 0 spiro atoms. The van der Waals surface area contributed by atoms with Crippen LogP contribution in [-0.4, -0.2) is 17.2 Å². The van der Waals surface area contributed by atoms with Crippen molar-refractivity contribution >= 4 is 0 Å². The number of nitrogens with zero attached hydrogens (tertiary/aromatic N) is 1. The van der Waals surface area contributed by atoms with Crippen LogP contribution in [0.25, 0.3) is 0 Å². The molecule has 0 bridgehead atoms. The highest BCUT2D eigenvalue weighted by molar-refractivity contribution is 5.39. The molecule has 0 aliphatic heterocycles. The van der Waals surface area contributed by atoms with Crippen molar-refractivity contribution in [1.82, 2.24) is 4.98 Å². The van der Waals surface area contributed by atoms with E-state index in [4.69, 9.17) is 9.47 Å². The third kappa shape index (κ3) is 3.23. The fraction of sp³-hybridized carbons (Fsp3) is 0.267. The molecule has 100 valence electrons. The van der Waals surface area contributed by atoms with Crippen molar-refractivity contribution < 1.29 is 14.6 Å². The topological polar surface area (TPSA) is 51.6 Å². The normalized spacial score (nSPS) is 10.3. The van der Waals surface area contributed by atoms with E-state index in [1.807, 2.05) is 37.3 Å². The minimum atomic E-state index is -0.104. The summed E-state index contributed by atoms with van der Waals surface area (Å²) in [5, 5.41) is 9.40. The number of aliphatic hydroxyl groups is 1. The lowest BCUT2D eigenvalue weighted by molar-refractivity contribution is 0.255. The lowest BCUT2D eigenvalue weighted by Gasteiger charge is -2.13. The highest BCUT2D eigenvalue weighted by atomic mass is 16.5. The van der Waals surface area contributed by atoms with E-state index in [9.17, 15) is 5.11 Å². The maximum atomic E-state index is 9.40. The van der Waals surface area contributed by atoms with Gasteiger partial charge in [-0.05, 0) is 12.5 Å². The largest absolute Gasteiger partial charge is 0.488 e. The van der Waals surface area contributed by atoms with Crippen molar-refractivity contribution in [2.45, 2.75) is 20.1 Å². The molecule has 0 aliphatic carbocycles. The number of aromatic nitrogens is 1. The first-order valence-corrected chi connectivity index (χ1v) is 6.06.